The maximum Gasteiger partial charge on any atom is 0.228 e. The highest BCUT2D eigenvalue weighted by atomic mass is 32.2. The lowest BCUT2D eigenvalue weighted by atomic mass is 10.2. The van der Waals surface area contributed by atoms with E-state index in [-0.39, 0.29) is 17.5 Å². The van der Waals surface area contributed by atoms with Crippen LogP contribution in [-0.4, -0.2) is 46.9 Å². The van der Waals surface area contributed by atoms with Crippen molar-refractivity contribution in [1.29, 1.82) is 0 Å². The van der Waals surface area contributed by atoms with Gasteiger partial charge in [-0.05, 0) is 11.1 Å². The van der Waals surface area contributed by atoms with E-state index in [1.807, 2.05) is 60.7 Å². The Labute approximate surface area is 172 Å². The zero-order valence-electron chi connectivity index (χ0n) is 16.6. The van der Waals surface area contributed by atoms with Crippen molar-refractivity contribution in [2.45, 2.75) is 31.7 Å². The van der Waals surface area contributed by atoms with Gasteiger partial charge in [0.2, 0.25) is 15.0 Å². The summed E-state index contributed by atoms with van der Waals surface area (Å²) in [5.41, 5.74) is 2.96. The topological polar surface area (TPSA) is 75.4 Å². The van der Waals surface area contributed by atoms with Crippen LogP contribution in [0.4, 0.5) is 0 Å². The Morgan fingerprint density at radius 3 is 2.17 bits per heavy atom. The first-order valence-electron chi connectivity index (χ1n) is 9.71. The Balaban J connectivity index is 1.92. The van der Waals surface area contributed by atoms with Crippen LogP contribution in [0.1, 0.15) is 23.7 Å². The van der Waals surface area contributed by atoms with Gasteiger partial charge < -0.3 is 9.67 Å². The maximum absolute atomic E-state index is 12.6. The molecule has 29 heavy (non-hydrogen) atoms. The Hall–Kier alpha value is -2.48. The van der Waals surface area contributed by atoms with Crippen LogP contribution >= 0.6 is 0 Å². The highest BCUT2D eigenvalue weighted by molar-refractivity contribution is 7.91. The molecule has 1 aromatic heterocycles. The second-order valence-corrected chi connectivity index (χ2v) is 9.10. The molecule has 0 aliphatic carbocycles. The van der Waals surface area contributed by atoms with Crippen molar-refractivity contribution in [1.82, 2.24) is 14.5 Å². The van der Waals surface area contributed by atoms with Gasteiger partial charge >= 0.3 is 0 Å². The van der Waals surface area contributed by atoms with Crippen LogP contribution in [-0.2, 0) is 29.5 Å². The number of aliphatic hydroxyl groups is 1. The van der Waals surface area contributed by atoms with Crippen LogP contribution in [0.3, 0.4) is 0 Å². The van der Waals surface area contributed by atoms with Crippen molar-refractivity contribution in [3.05, 3.63) is 83.7 Å². The number of nitrogens with zero attached hydrogens (tertiary/aromatic N) is 3. The van der Waals surface area contributed by atoms with Gasteiger partial charge in [0.1, 0.15) is 0 Å². The fourth-order valence-corrected chi connectivity index (χ4v) is 4.25. The van der Waals surface area contributed by atoms with E-state index < -0.39 is 9.84 Å². The van der Waals surface area contributed by atoms with Crippen LogP contribution in [0.2, 0.25) is 0 Å². The monoisotopic (exact) mass is 413 g/mol. The van der Waals surface area contributed by atoms with E-state index in [1.165, 1.54) is 0 Å². The largest absolute Gasteiger partial charge is 0.395 e. The molecule has 7 heteroatoms. The average molecular weight is 414 g/mol. The maximum atomic E-state index is 12.6. The van der Waals surface area contributed by atoms with Crippen molar-refractivity contribution < 1.29 is 13.5 Å². The van der Waals surface area contributed by atoms with Crippen LogP contribution in [0.25, 0.3) is 0 Å². The molecule has 0 bridgehead atoms. The molecule has 0 fully saturated rings. The number of aliphatic hydroxyl groups excluding tert-OH is 1. The fourth-order valence-electron chi connectivity index (χ4n) is 3.26. The molecule has 0 atom stereocenters. The van der Waals surface area contributed by atoms with E-state index in [1.54, 1.807) is 17.7 Å². The normalized spacial score (nSPS) is 11.8. The second kappa shape index (κ2) is 9.82. The van der Waals surface area contributed by atoms with Crippen molar-refractivity contribution in [2.24, 2.45) is 0 Å². The van der Waals surface area contributed by atoms with Crippen LogP contribution in [0.5, 0.6) is 0 Å². The predicted molar refractivity (Wildman–Crippen MR) is 113 cm³/mol. The molecule has 3 rings (SSSR count). The summed E-state index contributed by atoms with van der Waals surface area (Å²) in [4.78, 5) is 6.35. The molecule has 0 radical (unpaired) electrons. The molecule has 154 valence electrons. The molecule has 0 saturated heterocycles. The predicted octanol–water partition coefficient (Wildman–Crippen LogP) is 2.72. The molecule has 3 aromatic rings. The van der Waals surface area contributed by atoms with Gasteiger partial charge in [-0.15, -0.1) is 0 Å². The minimum atomic E-state index is -3.45. The van der Waals surface area contributed by atoms with Crippen molar-refractivity contribution >= 4 is 9.84 Å². The van der Waals surface area contributed by atoms with E-state index in [9.17, 15) is 13.5 Å². The third-order valence-corrected chi connectivity index (χ3v) is 6.44. The number of hydrogen-bond acceptors (Lipinski definition) is 5. The lowest BCUT2D eigenvalue weighted by Gasteiger charge is -2.22. The SMILES string of the molecule is CCS(=O)(=O)c1ncc(CN(CCO)Cc2ccccc2)n1Cc1ccccc1. The molecule has 0 aliphatic heterocycles. The van der Waals surface area contributed by atoms with Gasteiger partial charge in [-0.2, -0.15) is 0 Å². The third-order valence-electron chi connectivity index (χ3n) is 4.79. The Morgan fingerprint density at radius 2 is 1.59 bits per heavy atom. The van der Waals surface area contributed by atoms with Crippen molar-refractivity contribution in [3.8, 4) is 0 Å². The van der Waals surface area contributed by atoms with Crippen molar-refractivity contribution in [2.75, 3.05) is 18.9 Å². The van der Waals surface area contributed by atoms with E-state index >= 15 is 0 Å². The summed E-state index contributed by atoms with van der Waals surface area (Å²) in [6.07, 6.45) is 1.64. The summed E-state index contributed by atoms with van der Waals surface area (Å²) in [6, 6.07) is 19.8. The van der Waals surface area contributed by atoms with Crippen molar-refractivity contribution in [3.63, 3.8) is 0 Å². The summed E-state index contributed by atoms with van der Waals surface area (Å²) >= 11 is 0. The smallest absolute Gasteiger partial charge is 0.228 e. The second-order valence-electron chi connectivity index (χ2n) is 6.93. The molecule has 1 N–H and O–H groups in total. The van der Waals surface area contributed by atoms with Crippen LogP contribution < -0.4 is 0 Å². The average Bonchev–Trinajstić information content (AvgIpc) is 3.12. The molecule has 0 aliphatic rings. The first kappa shape index (κ1) is 21.2. The summed E-state index contributed by atoms with van der Waals surface area (Å²) in [5.74, 6) is 0.00259. The minimum Gasteiger partial charge on any atom is -0.395 e. The molecule has 0 unspecified atom stereocenters. The van der Waals surface area contributed by atoms with E-state index in [4.69, 9.17) is 0 Å². The highest BCUT2D eigenvalue weighted by Gasteiger charge is 2.22. The number of aromatic nitrogens is 2. The van der Waals surface area contributed by atoms with Gasteiger partial charge in [0.25, 0.3) is 0 Å². The first-order valence-corrected chi connectivity index (χ1v) is 11.4. The summed E-state index contributed by atoms with van der Waals surface area (Å²) in [6.45, 7) is 3.73. The zero-order chi connectivity index (χ0) is 20.7. The van der Waals surface area contributed by atoms with Gasteiger partial charge in [-0.25, -0.2) is 13.4 Å². The van der Waals surface area contributed by atoms with Crippen LogP contribution in [0.15, 0.2) is 72.0 Å². The zero-order valence-corrected chi connectivity index (χ0v) is 17.4. The molecule has 0 saturated carbocycles. The number of hydrogen-bond donors (Lipinski definition) is 1. The molecule has 1 heterocycles. The Bertz CT molecular complexity index is 1000. The number of imidazole rings is 1. The minimum absolute atomic E-state index is 0.00259. The standard InChI is InChI=1S/C22H27N3O3S/c1-2-29(27,28)22-23-15-21(25(22)17-20-11-7-4-8-12-20)18-24(13-14-26)16-19-9-5-3-6-10-19/h3-12,15,26H,2,13-14,16-18H2,1H3. The highest BCUT2D eigenvalue weighted by Crippen LogP contribution is 2.18. The fraction of sp³-hybridized carbons (Fsp3) is 0.318. The third kappa shape index (κ3) is 5.53. The number of sulfone groups is 1. The van der Waals surface area contributed by atoms with Gasteiger partial charge in [0.05, 0.1) is 30.8 Å². The Morgan fingerprint density at radius 1 is 0.966 bits per heavy atom. The van der Waals surface area contributed by atoms with E-state index in [2.05, 4.69) is 9.88 Å². The lowest BCUT2D eigenvalue weighted by molar-refractivity contribution is 0.181. The van der Waals surface area contributed by atoms with Gasteiger partial charge in [-0.1, -0.05) is 67.6 Å². The summed E-state index contributed by atoms with van der Waals surface area (Å²) < 4.78 is 27.0. The number of benzene rings is 2. The summed E-state index contributed by atoms with van der Waals surface area (Å²) in [7, 11) is -3.45. The van der Waals surface area contributed by atoms with Gasteiger partial charge in [0.15, 0.2) is 0 Å². The molecule has 0 amide bonds. The first-order chi connectivity index (χ1) is 14.0. The van der Waals surface area contributed by atoms with Gasteiger partial charge in [0, 0.05) is 19.6 Å². The molecule has 6 nitrogen and oxygen atoms in total. The molecular weight excluding hydrogens is 386 g/mol. The lowest BCUT2D eigenvalue weighted by Crippen LogP contribution is -2.27. The molecule has 0 spiro atoms. The molecular formula is C22H27N3O3S. The van der Waals surface area contributed by atoms with E-state index in [0.29, 0.717) is 26.2 Å². The quantitative estimate of drug-likeness (QED) is 0.553. The van der Waals surface area contributed by atoms with Gasteiger partial charge in [-0.3, -0.25) is 4.90 Å². The Kier molecular flexibility index (Phi) is 7.19. The molecule has 2 aromatic carbocycles. The summed E-state index contributed by atoms with van der Waals surface area (Å²) in [5, 5.41) is 9.61. The van der Waals surface area contributed by atoms with E-state index in [0.717, 1.165) is 16.8 Å². The number of rotatable bonds is 10. The van der Waals surface area contributed by atoms with Crippen LogP contribution in [0, 0.1) is 0 Å².